The van der Waals surface area contributed by atoms with Gasteiger partial charge in [0.15, 0.2) is 6.10 Å². The van der Waals surface area contributed by atoms with Gasteiger partial charge in [0.2, 0.25) is 0 Å². The molecule has 0 aromatic carbocycles. The molecule has 0 rings (SSSR count). The Labute approximate surface area is 378 Å². The van der Waals surface area contributed by atoms with E-state index >= 15 is 0 Å². The summed E-state index contributed by atoms with van der Waals surface area (Å²) in [5, 5.41) is 0. The molecular formula is C55H98O6. The van der Waals surface area contributed by atoms with Crippen molar-refractivity contribution in [2.75, 3.05) is 13.2 Å². The van der Waals surface area contributed by atoms with Crippen LogP contribution in [0, 0.1) is 0 Å². The third-order valence-corrected chi connectivity index (χ3v) is 11.4. The predicted molar refractivity (Wildman–Crippen MR) is 261 cm³/mol. The van der Waals surface area contributed by atoms with Gasteiger partial charge in [0.1, 0.15) is 13.2 Å². The van der Waals surface area contributed by atoms with Crippen LogP contribution in [0.15, 0.2) is 48.6 Å². The Morgan fingerprint density at radius 1 is 0.344 bits per heavy atom. The van der Waals surface area contributed by atoms with Crippen LogP contribution in [-0.4, -0.2) is 37.2 Å². The van der Waals surface area contributed by atoms with Gasteiger partial charge < -0.3 is 14.2 Å². The van der Waals surface area contributed by atoms with Gasteiger partial charge in [-0.15, -0.1) is 0 Å². The van der Waals surface area contributed by atoms with Gasteiger partial charge in [-0.25, -0.2) is 0 Å². The normalized spacial score (nSPS) is 12.4. The Bertz CT molecular complexity index is 1070. The van der Waals surface area contributed by atoms with Gasteiger partial charge in [0.05, 0.1) is 0 Å². The summed E-state index contributed by atoms with van der Waals surface area (Å²) in [5.74, 6) is -0.977. The highest BCUT2D eigenvalue weighted by Crippen LogP contribution is 2.16. The van der Waals surface area contributed by atoms with Crippen molar-refractivity contribution in [3.63, 3.8) is 0 Å². The number of esters is 3. The smallest absolute Gasteiger partial charge is 0.306 e. The summed E-state index contributed by atoms with van der Waals surface area (Å²) in [6.45, 7) is 6.45. The van der Waals surface area contributed by atoms with E-state index in [1.807, 2.05) is 12.2 Å². The Balaban J connectivity index is 4.23. The summed E-state index contributed by atoms with van der Waals surface area (Å²) in [4.78, 5) is 37.8. The lowest BCUT2D eigenvalue weighted by Gasteiger charge is -2.18. The standard InChI is InChI=1S/C55H98O6/c1-4-7-10-13-16-19-21-23-24-25-26-27-28-29-30-31-33-34-36-39-42-45-48-54(57)60-51-52(50-59-53(56)47-44-41-38-18-15-12-9-6-3)61-55(58)49-46-43-40-37-35-32-22-20-17-14-11-8-5-2/h8,11,17,20,32,35,40,43,52H,4-7,9-10,12-16,18-19,21-31,33-34,36-39,41-42,44-51H2,1-3H3/b11-8-,20-17-,35-32-,43-40-. The summed E-state index contributed by atoms with van der Waals surface area (Å²) in [7, 11) is 0. The molecule has 61 heavy (non-hydrogen) atoms. The van der Waals surface area contributed by atoms with Gasteiger partial charge in [-0.3, -0.25) is 14.4 Å². The highest BCUT2D eigenvalue weighted by Gasteiger charge is 2.19. The third-order valence-electron chi connectivity index (χ3n) is 11.4. The first-order valence-corrected chi connectivity index (χ1v) is 26.1. The average molecular weight is 855 g/mol. The van der Waals surface area contributed by atoms with Crippen LogP contribution in [-0.2, 0) is 28.6 Å². The fraction of sp³-hybridized carbons (Fsp3) is 0.800. The first-order chi connectivity index (χ1) is 30.0. The van der Waals surface area contributed by atoms with Gasteiger partial charge in [0.25, 0.3) is 0 Å². The molecule has 0 fully saturated rings. The number of carbonyl (C=O) groups is 3. The predicted octanol–water partition coefficient (Wildman–Crippen LogP) is 17.1. The molecule has 0 aliphatic heterocycles. The topological polar surface area (TPSA) is 78.9 Å². The molecule has 6 heteroatoms. The molecule has 0 heterocycles. The maximum Gasteiger partial charge on any atom is 0.306 e. The number of allylic oxidation sites excluding steroid dienone is 8. The lowest BCUT2D eigenvalue weighted by Crippen LogP contribution is -2.30. The number of hydrogen-bond acceptors (Lipinski definition) is 6. The average Bonchev–Trinajstić information content (AvgIpc) is 3.26. The molecule has 0 aliphatic carbocycles. The van der Waals surface area contributed by atoms with E-state index in [0.717, 1.165) is 64.2 Å². The van der Waals surface area contributed by atoms with Crippen molar-refractivity contribution in [2.24, 2.45) is 0 Å². The highest BCUT2D eigenvalue weighted by atomic mass is 16.6. The van der Waals surface area contributed by atoms with Crippen molar-refractivity contribution in [3.05, 3.63) is 48.6 Å². The van der Waals surface area contributed by atoms with Crippen molar-refractivity contribution in [3.8, 4) is 0 Å². The number of unbranched alkanes of at least 4 members (excludes halogenated alkanes) is 28. The van der Waals surface area contributed by atoms with E-state index in [2.05, 4.69) is 57.2 Å². The van der Waals surface area contributed by atoms with Crippen LogP contribution in [0.25, 0.3) is 0 Å². The zero-order valence-corrected chi connectivity index (χ0v) is 40.4. The van der Waals surface area contributed by atoms with E-state index in [4.69, 9.17) is 14.2 Å². The first kappa shape index (κ1) is 58.4. The van der Waals surface area contributed by atoms with E-state index in [9.17, 15) is 14.4 Å². The second kappa shape index (κ2) is 50.0. The highest BCUT2D eigenvalue weighted by molar-refractivity contribution is 5.71. The number of ether oxygens (including phenoxy) is 3. The van der Waals surface area contributed by atoms with Crippen molar-refractivity contribution in [1.82, 2.24) is 0 Å². The Morgan fingerprint density at radius 3 is 0.967 bits per heavy atom. The molecule has 0 saturated heterocycles. The molecule has 0 aromatic heterocycles. The molecule has 0 saturated carbocycles. The molecule has 0 N–H and O–H groups in total. The lowest BCUT2D eigenvalue weighted by atomic mass is 10.0. The number of hydrogen-bond donors (Lipinski definition) is 0. The second-order valence-corrected chi connectivity index (χ2v) is 17.4. The molecule has 6 nitrogen and oxygen atoms in total. The van der Waals surface area contributed by atoms with Crippen molar-refractivity contribution in [2.45, 2.75) is 271 Å². The molecule has 1 unspecified atom stereocenters. The van der Waals surface area contributed by atoms with Crippen LogP contribution < -0.4 is 0 Å². The van der Waals surface area contributed by atoms with Crippen LogP contribution >= 0.6 is 0 Å². The molecule has 1 atom stereocenters. The number of rotatable bonds is 47. The molecule has 0 spiro atoms. The summed E-state index contributed by atoms with van der Waals surface area (Å²) < 4.78 is 16.7. The molecule has 0 aromatic rings. The van der Waals surface area contributed by atoms with E-state index in [-0.39, 0.29) is 37.5 Å². The lowest BCUT2D eigenvalue weighted by molar-refractivity contribution is -0.166. The van der Waals surface area contributed by atoms with Gasteiger partial charge in [0, 0.05) is 19.3 Å². The zero-order chi connectivity index (χ0) is 44.4. The largest absolute Gasteiger partial charge is 0.462 e. The van der Waals surface area contributed by atoms with Gasteiger partial charge in [-0.2, -0.15) is 0 Å². The van der Waals surface area contributed by atoms with E-state index < -0.39 is 6.10 Å². The summed E-state index contributed by atoms with van der Waals surface area (Å²) in [6, 6.07) is 0. The van der Waals surface area contributed by atoms with Gasteiger partial charge >= 0.3 is 17.9 Å². The van der Waals surface area contributed by atoms with E-state index in [0.29, 0.717) is 19.3 Å². The van der Waals surface area contributed by atoms with Gasteiger partial charge in [-0.1, -0.05) is 249 Å². The molecular weight excluding hydrogens is 757 g/mol. The maximum absolute atomic E-state index is 12.7. The van der Waals surface area contributed by atoms with Crippen LogP contribution in [0.2, 0.25) is 0 Å². The quantitative estimate of drug-likeness (QED) is 0.0263. The van der Waals surface area contributed by atoms with Crippen LogP contribution in [0.3, 0.4) is 0 Å². The minimum atomic E-state index is -0.805. The van der Waals surface area contributed by atoms with Crippen molar-refractivity contribution in [1.29, 1.82) is 0 Å². The van der Waals surface area contributed by atoms with Gasteiger partial charge in [-0.05, 0) is 44.9 Å². The fourth-order valence-corrected chi connectivity index (χ4v) is 7.46. The zero-order valence-electron chi connectivity index (χ0n) is 40.4. The van der Waals surface area contributed by atoms with Crippen LogP contribution in [0.4, 0.5) is 0 Å². The second-order valence-electron chi connectivity index (χ2n) is 17.4. The Kier molecular flexibility index (Phi) is 47.9. The molecule has 0 aliphatic rings. The van der Waals surface area contributed by atoms with E-state index in [1.165, 1.54) is 154 Å². The maximum atomic E-state index is 12.7. The van der Waals surface area contributed by atoms with Crippen molar-refractivity contribution < 1.29 is 28.6 Å². The number of carbonyl (C=O) groups excluding carboxylic acids is 3. The minimum Gasteiger partial charge on any atom is -0.462 e. The first-order valence-electron chi connectivity index (χ1n) is 26.1. The molecule has 0 amide bonds. The van der Waals surface area contributed by atoms with Crippen LogP contribution in [0.1, 0.15) is 265 Å². The molecule has 354 valence electrons. The SMILES string of the molecule is CC/C=C\C/C=C\C/C=C\C/C=C\CCC(=O)OC(COC(=O)CCCCCCCCCC)COC(=O)CCCCCCCCCCCCCCCCCCCCCCCC. The Hall–Kier alpha value is -2.63. The summed E-state index contributed by atoms with van der Waals surface area (Å²) in [5.41, 5.74) is 0. The third kappa shape index (κ3) is 48.3. The van der Waals surface area contributed by atoms with Crippen molar-refractivity contribution >= 4 is 17.9 Å². The summed E-state index contributed by atoms with van der Waals surface area (Å²) in [6.07, 6.45) is 59.9. The fourth-order valence-electron chi connectivity index (χ4n) is 7.46. The molecule has 0 radical (unpaired) electrons. The molecule has 0 bridgehead atoms. The van der Waals surface area contributed by atoms with E-state index in [1.54, 1.807) is 0 Å². The van der Waals surface area contributed by atoms with Crippen LogP contribution in [0.5, 0.6) is 0 Å². The monoisotopic (exact) mass is 855 g/mol. The summed E-state index contributed by atoms with van der Waals surface area (Å²) >= 11 is 0. The Morgan fingerprint density at radius 2 is 0.639 bits per heavy atom. The minimum absolute atomic E-state index is 0.0983.